The topological polar surface area (TPSA) is 20.2 Å². The van der Waals surface area contributed by atoms with Crippen molar-refractivity contribution < 1.29 is 13.9 Å². The van der Waals surface area contributed by atoms with Crippen LogP contribution in [-0.2, 0) is 0 Å². The molecule has 0 atom stereocenters. The molecule has 0 spiro atoms. The highest BCUT2D eigenvalue weighted by atomic mass is 79.9. The van der Waals surface area contributed by atoms with E-state index < -0.39 is 11.6 Å². The summed E-state index contributed by atoms with van der Waals surface area (Å²) in [7, 11) is 0. The fourth-order valence-corrected chi connectivity index (χ4v) is 1.95. The number of phenols is 1. The summed E-state index contributed by atoms with van der Waals surface area (Å²) in [5.41, 5.74) is 0.363. The first-order valence-electron chi connectivity index (χ1n) is 4.62. The molecule has 1 nitrogen and oxygen atoms in total. The van der Waals surface area contributed by atoms with E-state index in [4.69, 9.17) is 11.6 Å². The SMILES string of the molecule is Oc1cc(F)cc(-c2ccc(Br)c(Cl)c2F)c1. The van der Waals surface area contributed by atoms with E-state index in [1.54, 1.807) is 6.07 Å². The zero-order valence-corrected chi connectivity index (χ0v) is 10.7. The molecule has 0 saturated carbocycles. The molecule has 0 saturated heterocycles. The molecule has 0 aliphatic rings. The van der Waals surface area contributed by atoms with Crippen LogP contribution in [0.3, 0.4) is 0 Å². The monoisotopic (exact) mass is 318 g/mol. The molecule has 2 aromatic rings. The molecule has 1 N–H and O–H groups in total. The molecule has 5 heteroatoms. The summed E-state index contributed by atoms with van der Waals surface area (Å²) >= 11 is 8.82. The molecule has 0 amide bonds. The van der Waals surface area contributed by atoms with E-state index in [0.29, 0.717) is 4.47 Å². The van der Waals surface area contributed by atoms with Crippen molar-refractivity contribution in [2.75, 3.05) is 0 Å². The van der Waals surface area contributed by atoms with Crippen molar-refractivity contribution in [1.82, 2.24) is 0 Å². The second-order valence-electron chi connectivity index (χ2n) is 3.42. The summed E-state index contributed by atoms with van der Waals surface area (Å²) in [6.45, 7) is 0. The number of benzene rings is 2. The molecule has 0 aromatic heterocycles. The van der Waals surface area contributed by atoms with Crippen molar-refractivity contribution in [3.63, 3.8) is 0 Å². The van der Waals surface area contributed by atoms with Gasteiger partial charge in [0.1, 0.15) is 11.6 Å². The highest BCUT2D eigenvalue weighted by molar-refractivity contribution is 9.10. The van der Waals surface area contributed by atoms with Crippen LogP contribution in [0.5, 0.6) is 5.75 Å². The molecule has 2 rings (SSSR count). The van der Waals surface area contributed by atoms with Crippen LogP contribution >= 0.6 is 27.5 Å². The lowest BCUT2D eigenvalue weighted by Crippen LogP contribution is -1.88. The van der Waals surface area contributed by atoms with E-state index in [1.807, 2.05) is 0 Å². The molecule has 0 aliphatic carbocycles. The summed E-state index contributed by atoms with van der Waals surface area (Å²) in [5.74, 6) is -1.57. The first kappa shape index (κ1) is 12.3. The second kappa shape index (κ2) is 4.63. The first-order chi connectivity index (χ1) is 7.99. The molecule has 88 valence electrons. The van der Waals surface area contributed by atoms with E-state index >= 15 is 0 Å². The van der Waals surface area contributed by atoms with Gasteiger partial charge >= 0.3 is 0 Å². The maximum atomic E-state index is 13.8. The Morgan fingerprint density at radius 3 is 2.47 bits per heavy atom. The Balaban J connectivity index is 2.64. The van der Waals surface area contributed by atoms with Crippen molar-refractivity contribution in [2.24, 2.45) is 0 Å². The van der Waals surface area contributed by atoms with Crippen LogP contribution in [0.2, 0.25) is 5.02 Å². The van der Waals surface area contributed by atoms with Gasteiger partial charge in [-0.25, -0.2) is 8.78 Å². The summed E-state index contributed by atoms with van der Waals surface area (Å²) in [6.07, 6.45) is 0. The van der Waals surface area contributed by atoms with E-state index in [-0.39, 0.29) is 21.9 Å². The van der Waals surface area contributed by atoms with Gasteiger partial charge in [0, 0.05) is 16.1 Å². The third-order valence-corrected chi connectivity index (χ3v) is 3.49. The van der Waals surface area contributed by atoms with Gasteiger partial charge in [-0.15, -0.1) is 0 Å². The van der Waals surface area contributed by atoms with Gasteiger partial charge in [0.25, 0.3) is 0 Å². The quantitative estimate of drug-likeness (QED) is 0.752. The number of hydrogen-bond acceptors (Lipinski definition) is 1. The maximum Gasteiger partial charge on any atom is 0.150 e. The zero-order chi connectivity index (χ0) is 12.6. The van der Waals surface area contributed by atoms with Crippen LogP contribution in [0.1, 0.15) is 0 Å². The Morgan fingerprint density at radius 2 is 1.82 bits per heavy atom. The number of aromatic hydroxyl groups is 1. The molecular formula is C12H6BrClF2O. The van der Waals surface area contributed by atoms with Gasteiger partial charge in [0.2, 0.25) is 0 Å². The lowest BCUT2D eigenvalue weighted by molar-refractivity contribution is 0.469. The molecule has 0 unspecified atom stereocenters. The Kier molecular flexibility index (Phi) is 3.35. The van der Waals surface area contributed by atoms with Gasteiger partial charge < -0.3 is 5.11 Å². The highest BCUT2D eigenvalue weighted by Gasteiger charge is 2.13. The second-order valence-corrected chi connectivity index (χ2v) is 4.65. The van der Waals surface area contributed by atoms with Gasteiger partial charge in [-0.1, -0.05) is 17.7 Å². The normalized spacial score (nSPS) is 10.6. The van der Waals surface area contributed by atoms with Crippen LogP contribution < -0.4 is 0 Å². The molecule has 0 fully saturated rings. The number of phenolic OH excluding ortho intramolecular Hbond substituents is 1. The summed E-state index contributed by atoms with van der Waals surface area (Å²) < 4.78 is 27.4. The zero-order valence-electron chi connectivity index (χ0n) is 8.35. The smallest absolute Gasteiger partial charge is 0.150 e. The first-order valence-corrected chi connectivity index (χ1v) is 5.79. The molecule has 0 radical (unpaired) electrons. The van der Waals surface area contributed by atoms with Gasteiger partial charge in [-0.3, -0.25) is 0 Å². The van der Waals surface area contributed by atoms with Crippen molar-refractivity contribution in [3.8, 4) is 16.9 Å². The predicted molar refractivity (Wildman–Crippen MR) is 66.2 cm³/mol. The van der Waals surface area contributed by atoms with Gasteiger partial charge in [0.05, 0.1) is 5.02 Å². The Bertz CT molecular complexity index is 567. The Morgan fingerprint density at radius 1 is 1.12 bits per heavy atom. The Hall–Kier alpha value is -1.13. The lowest BCUT2D eigenvalue weighted by Gasteiger charge is -2.07. The number of hydrogen-bond donors (Lipinski definition) is 1. The minimum atomic E-state index is -0.661. The fraction of sp³-hybridized carbons (Fsp3) is 0. The van der Waals surface area contributed by atoms with Crippen LogP contribution in [0.4, 0.5) is 8.78 Å². The molecule has 2 aromatic carbocycles. The van der Waals surface area contributed by atoms with Crippen molar-refractivity contribution in [3.05, 3.63) is 51.5 Å². The van der Waals surface area contributed by atoms with Crippen molar-refractivity contribution in [2.45, 2.75) is 0 Å². The third-order valence-electron chi connectivity index (χ3n) is 2.23. The molecule has 0 bridgehead atoms. The van der Waals surface area contributed by atoms with Crippen LogP contribution in [0.15, 0.2) is 34.8 Å². The van der Waals surface area contributed by atoms with Gasteiger partial charge in [-0.2, -0.15) is 0 Å². The molecule has 17 heavy (non-hydrogen) atoms. The van der Waals surface area contributed by atoms with Crippen LogP contribution in [0.25, 0.3) is 11.1 Å². The van der Waals surface area contributed by atoms with Crippen LogP contribution in [0, 0.1) is 11.6 Å². The minimum absolute atomic E-state index is 0.0775. The average molecular weight is 320 g/mol. The molecule has 0 aliphatic heterocycles. The van der Waals surface area contributed by atoms with E-state index in [9.17, 15) is 13.9 Å². The van der Waals surface area contributed by atoms with Crippen LogP contribution in [-0.4, -0.2) is 5.11 Å². The predicted octanol–water partition coefficient (Wildman–Crippen LogP) is 4.75. The minimum Gasteiger partial charge on any atom is -0.508 e. The van der Waals surface area contributed by atoms with E-state index in [1.165, 1.54) is 12.1 Å². The maximum absolute atomic E-state index is 13.8. The summed E-state index contributed by atoms with van der Waals surface area (Å²) in [4.78, 5) is 0. The third kappa shape index (κ3) is 2.42. The summed E-state index contributed by atoms with van der Waals surface area (Å²) in [5, 5.41) is 9.19. The lowest BCUT2D eigenvalue weighted by atomic mass is 10.0. The van der Waals surface area contributed by atoms with Crippen molar-refractivity contribution >= 4 is 27.5 Å². The summed E-state index contributed by atoms with van der Waals surface area (Å²) in [6, 6.07) is 6.36. The van der Waals surface area contributed by atoms with E-state index in [0.717, 1.165) is 12.1 Å². The number of halogens is 4. The fourth-order valence-electron chi connectivity index (χ4n) is 1.48. The average Bonchev–Trinajstić information content (AvgIpc) is 2.24. The van der Waals surface area contributed by atoms with Gasteiger partial charge in [0.15, 0.2) is 5.82 Å². The Labute approximate surface area is 110 Å². The van der Waals surface area contributed by atoms with Crippen molar-refractivity contribution in [1.29, 1.82) is 0 Å². The largest absolute Gasteiger partial charge is 0.508 e. The standard InChI is InChI=1S/C12H6BrClF2O/c13-10-2-1-9(12(16)11(10)14)6-3-7(15)5-8(17)4-6/h1-5,17H. The number of rotatable bonds is 1. The highest BCUT2D eigenvalue weighted by Crippen LogP contribution is 2.34. The molecular weight excluding hydrogens is 313 g/mol. The van der Waals surface area contributed by atoms with E-state index in [2.05, 4.69) is 15.9 Å². The van der Waals surface area contributed by atoms with Gasteiger partial charge in [-0.05, 0) is 39.7 Å². The molecule has 0 heterocycles.